The Kier molecular flexibility index (Phi) is 4.47. The van der Waals surface area contributed by atoms with Crippen molar-refractivity contribution in [2.45, 2.75) is 44.7 Å². The first-order valence-corrected chi connectivity index (χ1v) is 8.71. The van der Waals surface area contributed by atoms with Gasteiger partial charge in [-0.05, 0) is 75.2 Å². The summed E-state index contributed by atoms with van der Waals surface area (Å²) in [4.78, 5) is 2.61. The van der Waals surface area contributed by atoms with Crippen molar-refractivity contribution in [2.24, 2.45) is 5.92 Å². The molecular weight excluding hydrogens is 276 g/mol. The topological polar surface area (TPSA) is 15.3 Å². The van der Waals surface area contributed by atoms with Crippen LogP contribution >= 0.6 is 22.9 Å². The zero-order chi connectivity index (χ0) is 13.2. The van der Waals surface area contributed by atoms with Crippen LogP contribution in [0, 0.1) is 5.92 Å². The van der Waals surface area contributed by atoms with Crippen LogP contribution in [0.3, 0.4) is 0 Å². The second kappa shape index (κ2) is 6.13. The van der Waals surface area contributed by atoms with Crippen LogP contribution in [0.1, 0.15) is 44.2 Å². The first-order chi connectivity index (χ1) is 9.24. The Labute approximate surface area is 125 Å². The van der Waals surface area contributed by atoms with Gasteiger partial charge >= 0.3 is 0 Å². The van der Waals surface area contributed by atoms with E-state index in [9.17, 15) is 0 Å². The van der Waals surface area contributed by atoms with E-state index in [1.54, 1.807) is 11.3 Å². The highest BCUT2D eigenvalue weighted by atomic mass is 35.5. The third-order valence-corrected chi connectivity index (χ3v) is 5.97. The summed E-state index contributed by atoms with van der Waals surface area (Å²) in [5.41, 5.74) is 1.38. The Balaban J connectivity index is 1.54. The third-order valence-electron chi connectivity index (χ3n) is 4.86. The van der Waals surface area contributed by atoms with Crippen LogP contribution in [0.4, 0.5) is 0 Å². The van der Waals surface area contributed by atoms with E-state index < -0.39 is 0 Å². The number of hydrogen-bond donors (Lipinski definition) is 1. The number of likely N-dealkylation sites (tertiary alicyclic amines) is 1. The minimum Gasteiger partial charge on any atom is -0.314 e. The van der Waals surface area contributed by atoms with E-state index in [4.69, 9.17) is 11.6 Å². The molecule has 19 heavy (non-hydrogen) atoms. The number of hydrogen-bond acceptors (Lipinski definition) is 3. The van der Waals surface area contributed by atoms with Crippen LogP contribution in [0.25, 0.3) is 0 Å². The Morgan fingerprint density at radius 3 is 2.74 bits per heavy atom. The first kappa shape index (κ1) is 13.9. The number of nitrogens with zero attached hydrogens (tertiary/aromatic N) is 1. The van der Waals surface area contributed by atoms with Crippen LogP contribution in [0.5, 0.6) is 0 Å². The van der Waals surface area contributed by atoms with Gasteiger partial charge in [-0.25, -0.2) is 0 Å². The molecule has 0 saturated carbocycles. The molecule has 1 aromatic rings. The van der Waals surface area contributed by atoms with Gasteiger partial charge in [-0.1, -0.05) is 11.6 Å². The maximum Gasteiger partial charge on any atom is 0.0931 e. The number of rotatable bonds is 3. The molecule has 2 aliphatic heterocycles. The second-order valence-electron chi connectivity index (χ2n) is 5.94. The van der Waals surface area contributed by atoms with Crippen molar-refractivity contribution in [3.63, 3.8) is 0 Å². The molecule has 0 aromatic carbocycles. The van der Waals surface area contributed by atoms with Gasteiger partial charge in [0.2, 0.25) is 0 Å². The van der Waals surface area contributed by atoms with Gasteiger partial charge in [0.05, 0.1) is 4.34 Å². The quantitative estimate of drug-likeness (QED) is 0.910. The predicted octanol–water partition coefficient (Wildman–Crippen LogP) is 3.93. The molecule has 2 aliphatic rings. The second-order valence-corrected chi connectivity index (χ2v) is 7.48. The molecule has 1 aromatic heterocycles. The van der Waals surface area contributed by atoms with Gasteiger partial charge < -0.3 is 5.32 Å². The highest BCUT2D eigenvalue weighted by Gasteiger charge is 2.30. The van der Waals surface area contributed by atoms with Crippen molar-refractivity contribution in [3.05, 3.63) is 21.3 Å². The molecule has 2 saturated heterocycles. The molecule has 1 N–H and O–H groups in total. The van der Waals surface area contributed by atoms with Crippen molar-refractivity contribution < 1.29 is 0 Å². The fourth-order valence-electron chi connectivity index (χ4n) is 3.58. The molecule has 3 rings (SSSR count). The zero-order valence-corrected chi connectivity index (χ0v) is 13.1. The lowest BCUT2D eigenvalue weighted by atomic mass is 9.88. The molecule has 2 nitrogen and oxygen atoms in total. The Hall–Kier alpha value is -0.0900. The van der Waals surface area contributed by atoms with Gasteiger partial charge in [-0.15, -0.1) is 11.3 Å². The van der Waals surface area contributed by atoms with E-state index in [-0.39, 0.29) is 0 Å². The van der Waals surface area contributed by atoms with Crippen molar-refractivity contribution in [3.8, 4) is 0 Å². The lowest BCUT2D eigenvalue weighted by Gasteiger charge is -2.38. The molecule has 0 amide bonds. The van der Waals surface area contributed by atoms with Gasteiger partial charge in [-0.3, -0.25) is 4.90 Å². The minimum absolute atomic E-state index is 0.515. The Morgan fingerprint density at radius 2 is 2.16 bits per heavy atom. The summed E-state index contributed by atoms with van der Waals surface area (Å²) in [7, 11) is 0. The van der Waals surface area contributed by atoms with Crippen LogP contribution in [-0.4, -0.2) is 30.6 Å². The molecule has 2 unspecified atom stereocenters. The molecule has 2 atom stereocenters. The average Bonchev–Trinajstić information content (AvgIpc) is 3.09. The molecule has 4 heteroatoms. The van der Waals surface area contributed by atoms with Gasteiger partial charge in [-0.2, -0.15) is 0 Å². The summed E-state index contributed by atoms with van der Waals surface area (Å²) >= 11 is 7.69. The SMILES string of the molecule is CC(c1csc(Cl)c1)N1CCC(C2CCCN2)CC1. The van der Waals surface area contributed by atoms with E-state index in [0.717, 1.165) is 16.3 Å². The number of nitrogens with one attached hydrogen (secondary N) is 1. The molecule has 0 aliphatic carbocycles. The lowest BCUT2D eigenvalue weighted by Crippen LogP contribution is -2.41. The van der Waals surface area contributed by atoms with Gasteiger partial charge in [0.25, 0.3) is 0 Å². The zero-order valence-electron chi connectivity index (χ0n) is 11.6. The van der Waals surface area contributed by atoms with Crippen LogP contribution in [-0.2, 0) is 0 Å². The van der Waals surface area contributed by atoms with E-state index in [2.05, 4.69) is 28.6 Å². The van der Waals surface area contributed by atoms with Crippen molar-refractivity contribution >= 4 is 22.9 Å². The number of piperidine rings is 1. The molecule has 106 valence electrons. The van der Waals surface area contributed by atoms with Crippen molar-refractivity contribution in [1.82, 2.24) is 10.2 Å². The lowest BCUT2D eigenvalue weighted by molar-refractivity contribution is 0.127. The largest absolute Gasteiger partial charge is 0.314 e. The third kappa shape index (κ3) is 3.15. The standard InChI is InChI=1S/C15H23ClN2S/c1-11(13-9-15(16)19-10-13)18-7-4-12(5-8-18)14-3-2-6-17-14/h9-12,14,17H,2-8H2,1H3. The van der Waals surface area contributed by atoms with E-state index in [0.29, 0.717) is 6.04 Å². The van der Waals surface area contributed by atoms with Gasteiger partial charge in [0.1, 0.15) is 0 Å². The summed E-state index contributed by atoms with van der Waals surface area (Å²) in [5, 5.41) is 5.88. The van der Waals surface area contributed by atoms with Crippen LogP contribution < -0.4 is 5.32 Å². The summed E-state index contributed by atoms with van der Waals surface area (Å²) < 4.78 is 0.909. The summed E-state index contributed by atoms with van der Waals surface area (Å²) in [5.74, 6) is 0.900. The number of thiophene rings is 1. The van der Waals surface area contributed by atoms with Crippen LogP contribution in [0.2, 0.25) is 4.34 Å². The highest BCUT2D eigenvalue weighted by molar-refractivity contribution is 7.14. The van der Waals surface area contributed by atoms with E-state index in [1.165, 1.54) is 50.9 Å². The maximum absolute atomic E-state index is 6.04. The van der Waals surface area contributed by atoms with E-state index >= 15 is 0 Å². The molecule has 3 heterocycles. The monoisotopic (exact) mass is 298 g/mol. The summed E-state index contributed by atoms with van der Waals surface area (Å²) in [6.45, 7) is 6.01. The fourth-order valence-corrected chi connectivity index (χ4v) is 4.55. The molecule has 0 spiro atoms. The first-order valence-electron chi connectivity index (χ1n) is 7.45. The van der Waals surface area contributed by atoms with E-state index in [1.807, 2.05) is 0 Å². The smallest absolute Gasteiger partial charge is 0.0931 e. The normalized spacial score (nSPS) is 27.8. The fraction of sp³-hybridized carbons (Fsp3) is 0.733. The maximum atomic E-state index is 6.04. The van der Waals surface area contributed by atoms with Gasteiger partial charge in [0.15, 0.2) is 0 Å². The molecule has 2 fully saturated rings. The predicted molar refractivity (Wildman–Crippen MR) is 83.1 cm³/mol. The van der Waals surface area contributed by atoms with Crippen molar-refractivity contribution in [2.75, 3.05) is 19.6 Å². The molecule has 0 bridgehead atoms. The molecular formula is C15H23ClN2S. The molecule has 0 radical (unpaired) electrons. The Bertz CT molecular complexity index is 406. The van der Waals surface area contributed by atoms with Crippen LogP contribution in [0.15, 0.2) is 11.4 Å². The summed E-state index contributed by atoms with van der Waals surface area (Å²) in [6, 6.07) is 3.44. The van der Waals surface area contributed by atoms with Crippen molar-refractivity contribution in [1.29, 1.82) is 0 Å². The highest BCUT2D eigenvalue weighted by Crippen LogP contribution is 2.32. The average molecular weight is 299 g/mol. The summed E-state index contributed by atoms with van der Waals surface area (Å²) in [6.07, 6.45) is 5.45. The minimum atomic E-state index is 0.515. The Morgan fingerprint density at radius 1 is 1.37 bits per heavy atom. The van der Waals surface area contributed by atoms with Gasteiger partial charge in [0, 0.05) is 12.1 Å². The number of halogens is 1.